The summed E-state index contributed by atoms with van der Waals surface area (Å²) in [5.41, 5.74) is 23.9. The van der Waals surface area contributed by atoms with E-state index < -0.39 is 181 Å². The third kappa shape index (κ3) is 23.5. The number of hydrogen-bond acceptors (Lipinski definition) is 19. The predicted molar refractivity (Wildman–Crippen MR) is 336 cm³/mol. The molecule has 0 aliphatic carbocycles. The number of carbonyl (C=O) groups excluding carboxylic acids is 12. The fraction of sp³-hybridized carbons (Fsp3) is 0.603. The fourth-order valence-corrected chi connectivity index (χ4v) is 13.3. The first-order chi connectivity index (χ1) is 43.3. The lowest BCUT2D eigenvalue weighted by Crippen LogP contribution is -2.57. The molecule has 91 heavy (non-hydrogen) atoms. The largest absolute Gasteiger partial charge is 0.481 e. The van der Waals surface area contributed by atoms with Gasteiger partial charge >= 0.3 is 5.97 Å². The minimum Gasteiger partial charge on any atom is -0.481 e. The minimum atomic E-state index is -1.87. The predicted octanol–water partition coefficient (Wildman–Crippen LogP) is -2.52. The molecule has 5 rings (SSSR count). The van der Waals surface area contributed by atoms with E-state index in [-0.39, 0.29) is 113 Å². The first-order valence-corrected chi connectivity index (χ1v) is 32.8. The smallest absolute Gasteiger partial charge is 0.305 e. The summed E-state index contributed by atoms with van der Waals surface area (Å²) in [4.78, 5) is 187. The Hall–Kier alpha value is -8.17. The molecule has 0 saturated carbocycles. The Labute approximate surface area is 533 Å². The van der Waals surface area contributed by atoms with Gasteiger partial charge in [-0.3, -0.25) is 73.1 Å². The van der Waals surface area contributed by atoms with Gasteiger partial charge < -0.3 is 85.6 Å². The molecule has 21 N–H and O–H groups in total. The number of aliphatic hydroxyl groups is 1. The number of ketones is 3. The van der Waals surface area contributed by atoms with Gasteiger partial charge in [0.05, 0.1) is 49.5 Å². The molecule has 2 bridgehead atoms. The summed E-state index contributed by atoms with van der Waals surface area (Å²) < 4.78 is 0. The molecule has 3 fully saturated rings. The van der Waals surface area contributed by atoms with E-state index in [9.17, 15) is 72.5 Å². The zero-order valence-corrected chi connectivity index (χ0v) is 52.4. The number of nitrogens with one attached hydrogen (secondary N) is 11. The maximum atomic E-state index is 14.7. The number of benzene rings is 1. The number of aromatic nitrogens is 1. The number of hydrogen-bond donors (Lipinski definition) is 17. The van der Waals surface area contributed by atoms with E-state index in [1.807, 2.05) is 18.2 Å². The summed E-state index contributed by atoms with van der Waals surface area (Å²) in [7, 11) is 1.92. The van der Waals surface area contributed by atoms with E-state index >= 15 is 0 Å². The number of nitrogens with zero attached hydrogens (tertiary/aromatic N) is 1. The van der Waals surface area contributed by atoms with Gasteiger partial charge in [0.2, 0.25) is 53.2 Å². The van der Waals surface area contributed by atoms with Gasteiger partial charge in [0, 0.05) is 73.3 Å². The van der Waals surface area contributed by atoms with E-state index in [2.05, 4.69) is 47.5 Å². The lowest BCUT2D eigenvalue weighted by atomic mass is 9.91. The maximum absolute atomic E-state index is 14.7. The zero-order valence-electron chi connectivity index (χ0n) is 50.8. The van der Waals surface area contributed by atoms with Crippen LogP contribution < -0.4 is 65.5 Å². The molecule has 33 heteroatoms. The SMILES string of the molecule is C[C@@H]1NC(=O)[C@@H]2CSSC[C@H](NC(=O)CN)C(=O)C[C@@H](CCCC[C@@H](C(N)=O)NC(=O)[C@H](CCCCC(=N)N)NC(=O)[C@H](Cc3cc4ccccc4[nH]3)CC1=O)C(=O)N[C@@H](CO)C(=O)N[C@@H](CC(=O)O)C(=O)N1CCCC1C(=O)C[C@@H](CCCNC(=N)N)C(=O)N2. The van der Waals surface area contributed by atoms with Crippen molar-refractivity contribution in [2.24, 2.45) is 40.7 Å². The third-order valence-electron chi connectivity index (χ3n) is 16.0. The van der Waals surface area contributed by atoms with Crippen LogP contribution in [0.4, 0.5) is 0 Å². The van der Waals surface area contributed by atoms with Gasteiger partial charge in [-0.05, 0) is 82.2 Å². The van der Waals surface area contributed by atoms with Crippen LogP contribution in [0.2, 0.25) is 0 Å². The Morgan fingerprint density at radius 3 is 2.05 bits per heavy atom. The molecular weight excluding hydrogens is 1220 g/mol. The van der Waals surface area contributed by atoms with E-state index in [0.29, 0.717) is 12.1 Å². The Balaban J connectivity index is 1.65. The van der Waals surface area contributed by atoms with Crippen molar-refractivity contribution >= 4 is 121 Å². The Morgan fingerprint density at radius 2 is 1.37 bits per heavy atom. The summed E-state index contributed by atoms with van der Waals surface area (Å²) in [6.45, 7) is -0.339. The van der Waals surface area contributed by atoms with Crippen LogP contribution in [0.3, 0.4) is 0 Å². The normalized spacial score (nSPS) is 26.4. The number of amidine groups is 1. The van der Waals surface area contributed by atoms with Crippen molar-refractivity contribution in [2.45, 2.75) is 164 Å². The van der Waals surface area contributed by atoms with Crippen molar-refractivity contribution in [1.82, 2.24) is 52.4 Å². The highest BCUT2D eigenvalue weighted by atomic mass is 33.1. The number of rotatable bonds is 17. The second-order valence-electron chi connectivity index (χ2n) is 23.0. The minimum absolute atomic E-state index is 0.0226. The standard InChI is InChI=1S/C58H86N16O15S2/c1-30-44(76)24-34(21-35-20-31-10-2-4-13-36(31)67-35)53(85)70-38(15-6-7-17-47(60)61)54(86)69-37(50(62)82)14-5-3-11-32-22-45(77)41(68-48(79)26-59)28-90-91-29-42(56(88)66-30)73-52(84)33(12-8-18-65-58(63)64)23-46(78)43-16-9-19-74(43)57(89)39(25-49(80)81)71-55(87)40(27-75)72-51(32)83/h2,4,10,13,20,30,32-34,37-43,67,75H,3,5-9,11-12,14-19,21-29,59H2,1H3,(H3,60,61)(H2,62,82)(H,66,88)(H,68,79)(H,69,86)(H,70,85)(H,71,87)(H,72,83)(H,73,84)(H,80,81)(H4,63,64,65)/t30-,32+,33+,34+,37-,38-,39-,40-,41-,42-,43?/m0/s1. The number of amides is 9. The van der Waals surface area contributed by atoms with Crippen LogP contribution in [0.5, 0.6) is 0 Å². The number of guanidine groups is 1. The quantitative estimate of drug-likeness (QED) is 0.0336. The first-order valence-electron chi connectivity index (χ1n) is 30.3. The number of Topliss-reactive ketones (excluding diaryl/α,β-unsaturated/α-hetero) is 3. The van der Waals surface area contributed by atoms with Crippen molar-refractivity contribution < 1.29 is 72.5 Å². The molecule has 11 atom stereocenters. The number of para-hydroxylation sites is 1. The Bertz CT molecular complexity index is 2970. The molecule has 3 saturated heterocycles. The lowest BCUT2D eigenvalue weighted by molar-refractivity contribution is -0.146. The van der Waals surface area contributed by atoms with Gasteiger partial charge in [0.1, 0.15) is 30.2 Å². The molecule has 0 spiro atoms. The number of H-pyrrole nitrogens is 1. The molecule has 1 unspecified atom stereocenters. The van der Waals surface area contributed by atoms with Crippen LogP contribution in [0.15, 0.2) is 30.3 Å². The first kappa shape index (κ1) is 73.6. The number of aromatic amines is 1. The average molecular weight is 1310 g/mol. The topological polar surface area (TPSA) is 529 Å². The van der Waals surface area contributed by atoms with Crippen LogP contribution in [0.25, 0.3) is 10.9 Å². The summed E-state index contributed by atoms with van der Waals surface area (Å²) in [6, 6.07) is -2.92. The van der Waals surface area contributed by atoms with E-state index in [0.717, 1.165) is 37.4 Å². The molecule has 3 aliphatic heterocycles. The molecule has 1 aromatic heterocycles. The lowest BCUT2D eigenvalue weighted by Gasteiger charge is -2.30. The van der Waals surface area contributed by atoms with Crippen molar-refractivity contribution in [3.8, 4) is 0 Å². The highest BCUT2D eigenvalue weighted by Crippen LogP contribution is 2.28. The fourth-order valence-electron chi connectivity index (χ4n) is 11.0. The summed E-state index contributed by atoms with van der Waals surface area (Å²) in [5.74, 6) is -16.8. The number of aliphatic carboxylic acids is 1. The van der Waals surface area contributed by atoms with Crippen LogP contribution in [-0.2, 0) is 68.7 Å². The molecule has 9 amide bonds. The number of nitrogens with two attached hydrogens (primary N) is 4. The number of carbonyl (C=O) groups is 13. The van der Waals surface area contributed by atoms with Crippen LogP contribution in [-0.4, -0.2) is 194 Å². The maximum Gasteiger partial charge on any atom is 0.305 e. The second kappa shape index (κ2) is 36.6. The van der Waals surface area contributed by atoms with Gasteiger partial charge in [0.15, 0.2) is 23.3 Å². The second-order valence-corrected chi connectivity index (χ2v) is 25.6. The number of carboxylic acid groups (broad SMARTS) is 1. The highest BCUT2D eigenvalue weighted by Gasteiger charge is 2.42. The number of fused-ring (bicyclic) bond motifs is 10. The van der Waals surface area contributed by atoms with E-state index in [1.54, 1.807) is 12.1 Å². The Kier molecular flexibility index (Phi) is 29.6. The summed E-state index contributed by atoms with van der Waals surface area (Å²) in [5, 5.41) is 57.3. The van der Waals surface area contributed by atoms with Crippen molar-refractivity contribution in [3.63, 3.8) is 0 Å². The molecule has 1 aromatic carbocycles. The van der Waals surface area contributed by atoms with Gasteiger partial charge in [-0.15, -0.1) is 0 Å². The molecular formula is C58H86N16O15S2. The molecule has 3 aliphatic rings. The molecule has 4 heterocycles. The molecule has 0 radical (unpaired) electrons. The number of unbranched alkanes of at least 4 members (excludes halogenated alkanes) is 1. The molecule has 500 valence electrons. The molecule has 2 aromatic rings. The highest BCUT2D eigenvalue weighted by molar-refractivity contribution is 8.76. The van der Waals surface area contributed by atoms with Gasteiger partial charge in [-0.25, -0.2) is 0 Å². The number of carboxylic acids is 1. The van der Waals surface area contributed by atoms with Crippen molar-refractivity contribution in [3.05, 3.63) is 36.0 Å². The van der Waals surface area contributed by atoms with Gasteiger partial charge in [0.25, 0.3) is 0 Å². The third-order valence-corrected chi connectivity index (χ3v) is 18.4. The molecule has 31 nitrogen and oxygen atoms in total. The van der Waals surface area contributed by atoms with Crippen molar-refractivity contribution in [2.75, 3.05) is 37.7 Å². The van der Waals surface area contributed by atoms with Crippen molar-refractivity contribution in [1.29, 1.82) is 10.8 Å². The average Bonchev–Trinajstić information content (AvgIpc) is 2.00. The summed E-state index contributed by atoms with van der Waals surface area (Å²) in [6.07, 6.45) is -2.01. The number of aliphatic hydroxyl groups excluding tert-OH is 1. The van der Waals surface area contributed by atoms with Gasteiger partial charge in [-0.1, -0.05) is 59.0 Å². The van der Waals surface area contributed by atoms with E-state index in [4.69, 9.17) is 33.8 Å². The van der Waals surface area contributed by atoms with Gasteiger partial charge in [-0.2, -0.15) is 0 Å². The van der Waals surface area contributed by atoms with Crippen LogP contribution in [0, 0.1) is 28.6 Å². The van der Waals surface area contributed by atoms with E-state index in [1.165, 1.54) is 6.92 Å². The van der Waals surface area contributed by atoms with Crippen LogP contribution in [0.1, 0.15) is 115 Å². The van der Waals surface area contributed by atoms with Crippen LogP contribution >= 0.6 is 21.6 Å². The zero-order chi connectivity index (χ0) is 66.9. The summed E-state index contributed by atoms with van der Waals surface area (Å²) >= 11 is 0. The Morgan fingerprint density at radius 1 is 0.703 bits per heavy atom. The monoisotopic (exact) mass is 1310 g/mol. The number of primary amides is 1.